The van der Waals surface area contributed by atoms with Gasteiger partial charge in [0.25, 0.3) is 5.91 Å². The molecule has 1 fully saturated rings. The Bertz CT molecular complexity index is 406. The average Bonchev–Trinajstić information content (AvgIpc) is 2.40. The van der Waals surface area contributed by atoms with Crippen LogP contribution in [0.5, 0.6) is 0 Å². The van der Waals surface area contributed by atoms with E-state index in [-0.39, 0.29) is 17.8 Å². The Labute approximate surface area is 106 Å². The minimum Gasteiger partial charge on any atom is -0.377 e. The van der Waals surface area contributed by atoms with Gasteiger partial charge >= 0.3 is 0 Å². The highest BCUT2D eigenvalue weighted by molar-refractivity contribution is 5.94. The van der Waals surface area contributed by atoms with Gasteiger partial charge < -0.3 is 15.4 Å². The summed E-state index contributed by atoms with van der Waals surface area (Å²) < 4.78 is 18.2. The van der Waals surface area contributed by atoms with Crippen molar-refractivity contribution >= 4 is 5.91 Å². The van der Waals surface area contributed by atoms with Crippen LogP contribution in [-0.4, -0.2) is 43.2 Å². The van der Waals surface area contributed by atoms with Crippen LogP contribution in [-0.2, 0) is 4.74 Å². The van der Waals surface area contributed by atoms with Gasteiger partial charge in [-0.15, -0.1) is 0 Å². The third kappa shape index (κ3) is 2.86. The molecule has 1 amide bonds. The second-order valence-corrected chi connectivity index (χ2v) is 4.31. The van der Waals surface area contributed by atoms with Gasteiger partial charge in [-0.3, -0.25) is 4.79 Å². The molecular formula is C13H17FN2O2. The molecule has 1 aromatic carbocycles. The number of amides is 1. The van der Waals surface area contributed by atoms with Crippen LogP contribution in [0.1, 0.15) is 16.8 Å². The number of nitrogens with two attached hydrogens (primary N) is 1. The maximum Gasteiger partial charge on any atom is 0.254 e. The largest absolute Gasteiger partial charge is 0.377 e. The van der Waals surface area contributed by atoms with Crippen LogP contribution in [0.2, 0.25) is 0 Å². The first-order valence-corrected chi connectivity index (χ1v) is 6.06. The first-order chi connectivity index (χ1) is 8.72. The van der Waals surface area contributed by atoms with Crippen molar-refractivity contribution in [2.75, 3.05) is 26.3 Å². The highest BCUT2D eigenvalue weighted by atomic mass is 19.1. The topological polar surface area (TPSA) is 55.6 Å². The summed E-state index contributed by atoms with van der Waals surface area (Å²) in [6.45, 7) is 2.13. The smallest absolute Gasteiger partial charge is 0.254 e. The molecule has 1 unspecified atom stereocenters. The summed E-state index contributed by atoms with van der Waals surface area (Å²) in [5.41, 5.74) is 6.04. The van der Waals surface area contributed by atoms with Crippen molar-refractivity contribution in [1.82, 2.24) is 4.90 Å². The van der Waals surface area contributed by atoms with Crippen LogP contribution in [0.25, 0.3) is 0 Å². The summed E-state index contributed by atoms with van der Waals surface area (Å²) in [5.74, 6) is -0.427. The monoisotopic (exact) mass is 252 g/mol. The Morgan fingerprint density at radius 2 is 2.17 bits per heavy atom. The van der Waals surface area contributed by atoms with Crippen molar-refractivity contribution in [3.63, 3.8) is 0 Å². The lowest BCUT2D eigenvalue weighted by Crippen LogP contribution is -2.49. The van der Waals surface area contributed by atoms with Gasteiger partial charge in [0, 0.05) is 12.1 Å². The standard InChI is InChI=1S/C13H17FN2O2/c14-11-3-1-10(2-4-11)13(17)16-7-8-18-9-12(16)5-6-15/h1-4,12H,5-9,15H2. The first-order valence-electron chi connectivity index (χ1n) is 6.06. The second kappa shape index (κ2) is 5.93. The fraction of sp³-hybridized carbons (Fsp3) is 0.462. The molecule has 1 aliphatic heterocycles. The molecule has 0 spiro atoms. The highest BCUT2D eigenvalue weighted by Crippen LogP contribution is 2.15. The van der Waals surface area contributed by atoms with Gasteiger partial charge in [-0.25, -0.2) is 4.39 Å². The molecule has 1 heterocycles. The van der Waals surface area contributed by atoms with Gasteiger partial charge in [-0.2, -0.15) is 0 Å². The Hall–Kier alpha value is -1.46. The molecule has 4 nitrogen and oxygen atoms in total. The molecule has 0 aliphatic carbocycles. The summed E-state index contributed by atoms with van der Waals surface area (Å²) in [4.78, 5) is 14.1. The van der Waals surface area contributed by atoms with Gasteiger partial charge in [-0.05, 0) is 37.2 Å². The number of halogens is 1. The van der Waals surface area contributed by atoms with Crippen LogP contribution in [0.3, 0.4) is 0 Å². The Morgan fingerprint density at radius 3 is 2.83 bits per heavy atom. The zero-order valence-corrected chi connectivity index (χ0v) is 10.1. The van der Waals surface area contributed by atoms with Crippen molar-refractivity contribution in [2.45, 2.75) is 12.5 Å². The maximum absolute atomic E-state index is 12.8. The molecule has 0 bridgehead atoms. The number of nitrogens with zero attached hydrogens (tertiary/aromatic N) is 1. The van der Waals surface area contributed by atoms with Crippen molar-refractivity contribution in [2.24, 2.45) is 5.73 Å². The Kier molecular flexibility index (Phi) is 4.28. The first kappa shape index (κ1) is 13.0. The number of carbonyl (C=O) groups is 1. The average molecular weight is 252 g/mol. The molecule has 0 saturated carbocycles. The summed E-state index contributed by atoms with van der Waals surface area (Å²) in [6, 6.07) is 5.62. The van der Waals surface area contributed by atoms with Gasteiger partial charge in [-0.1, -0.05) is 0 Å². The summed E-state index contributed by atoms with van der Waals surface area (Å²) in [5, 5.41) is 0. The van der Waals surface area contributed by atoms with E-state index in [2.05, 4.69) is 0 Å². The normalized spacial score (nSPS) is 19.9. The molecule has 1 aromatic rings. The minimum atomic E-state index is -0.341. The molecular weight excluding hydrogens is 235 g/mol. The lowest BCUT2D eigenvalue weighted by atomic mass is 10.1. The van der Waals surface area contributed by atoms with E-state index in [9.17, 15) is 9.18 Å². The van der Waals surface area contributed by atoms with E-state index in [0.29, 0.717) is 38.3 Å². The van der Waals surface area contributed by atoms with E-state index in [0.717, 1.165) is 0 Å². The molecule has 1 aliphatic rings. The SMILES string of the molecule is NCCC1COCCN1C(=O)c1ccc(F)cc1. The number of hydrogen-bond acceptors (Lipinski definition) is 3. The van der Waals surface area contributed by atoms with Gasteiger partial charge in [0.15, 0.2) is 0 Å². The molecule has 2 N–H and O–H groups in total. The van der Waals surface area contributed by atoms with Crippen LogP contribution >= 0.6 is 0 Å². The second-order valence-electron chi connectivity index (χ2n) is 4.31. The number of hydrogen-bond donors (Lipinski definition) is 1. The predicted molar refractivity (Wildman–Crippen MR) is 65.7 cm³/mol. The van der Waals surface area contributed by atoms with E-state index < -0.39 is 0 Å². The van der Waals surface area contributed by atoms with Crippen LogP contribution < -0.4 is 5.73 Å². The van der Waals surface area contributed by atoms with E-state index in [4.69, 9.17) is 10.5 Å². The van der Waals surface area contributed by atoms with Crippen molar-refractivity contribution in [1.29, 1.82) is 0 Å². The molecule has 98 valence electrons. The lowest BCUT2D eigenvalue weighted by molar-refractivity contribution is -0.00344. The Morgan fingerprint density at radius 1 is 1.44 bits per heavy atom. The van der Waals surface area contributed by atoms with E-state index in [1.807, 2.05) is 0 Å². The quantitative estimate of drug-likeness (QED) is 0.873. The minimum absolute atomic E-state index is 0.0151. The maximum atomic E-state index is 12.8. The van der Waals surface area contributed by atoms with Crippen molar-refractivity contribution in [3.8, 4) is 0 Å². The molecule has 1 saturated heterocycles. The molecule has 1 atom stereocenters. The van der Waals surface area contributed by atoms with Crippen molar-refractivity contribution < 1.29 is 13.9 Å². The zero-order valence-electron chi connectivity index (χ0n) is 10.1. The lowest BCUT2D eigenvalue weighted by Gasteiger charge is -2.35. The molecule has 2 rings (SSSR count). The Balaban J connectivity index is 2.12. The number of benzene rings is 1. The summed E-state index contributed by atoms with van der Waals surface area (Å²) >= 11 is 0. The number of carbonyl (C=O) groups excluding carboxylic acids is 1. The number of ether oxygens (including phenoxy) is 1. The predicted octanol–water partition coefficient (Wildman–Crippen LogP) is 1.02. The fourth-order valence-electron chi connectivity index (χ4n) is 2.11. The van der Waals surface area contributed by atoms with Crippen molar-refractivity contribution in [3.05, 3.63) is 35.6 Å². The van der Waals surface area contributed by atoms with Gasteiger partial charge in [0.1, 0.15) is 5.82 Å². The zero-order chi connectivity index (χ0) is 13.0. The summed E-state index contributed by atoms with van der Waals surface area (Å²) in [7, 11) is 0. The molecule has 18 heavy (non-hydrogen) atoms. The van der Waals surface area contributed by atoms with Crippen LogP contribution in [0.15, 0.2) is 24.3 Å². The molecule has 0 radical (unpaired) electrons. The molecule has 0 aromatic heterocycles. The van der Waals surface area contributed by atoms with E-state index in [1.54, 1.807) is 4.90 Å². The third-order valence-corrected chi connectivity index (χ3v) is 3.08. The van der Waals surface area contributed by atoms with E-state index >= 15 is 0 Å². The van der Waals surface area contributed by atoms with Crippen LogP contribution in [0, 0.1) is 5.82 Å². The van der Waals surface area contributed by atoms with Gasteiger partial charge in [0.05, 0.1) is 19.3 Å². The fourth-order valence-corrected chi connectivity index (χ4v) is 2.11. The van der Waals surface area contributed by atoms with E-state index in [1.165, 1.54) is 24.3 Å². The number of morpholine rings is 1. The molecule has 5 heteroatoms. The highest BCUT2D eigenvalue weighted by Gasteiger charge is 2.27. The third-order valence-electron chi connectivity index (χ3n) is 3.08. The summed E-state index contributed by atoms with van der Waals surface area (Å²) in [6.07, 6.45) is 0.715. The number of rotatable bonds is 3. The van der Waals surface area contributed by atoms with Crippen LogP contribution in [0.4, 0.5) is 4.39 Å². The van der Waals surface area contributed by atoms with Gasteiger partial charge in [0.2, 0.25) is 0 Å².